The molecule has 5 heteroatoms. The second kappa shape index (κ2) is 5.52. The van der Waals surface area contributed by atoms with Crippen molar-refractivity contribution < 1.29 is 14.3 Å². The Balaban J connectivity index is 1.75. The van der Waals surface area contributed by atoms with Crippen molar-refractivity contribution in [2.45, 2.75) is 32.7 Å². The molecule has 1 aliphatic rings. The zero-order valence-corrected chi connectivity index (χ0v) is 11.4. The molecule has 0 bridgehead atoms. The first kappa shape index (κ1) is 13.1. The highest BCUT2D eigenvalue weighted by Gasteiger charge is 2.29. The van der Waals surface area contributed by atoms with Crippen molar-refractivity contribution in [2.24, 2.45) is 5.92 Å². The van der Waals surface area contributed by atoms with Gasteiger partial charge in [0.25, 0.3) is 5.91 Å². The van der Waals surface area contributed by atoms with Crippen molar-refractivity contribution in [3.8, 4) is 0 Å². The number of aryl methyl sites for hydroxylation is 1. The first-order valence-corrected chi connectivity index (χ1v) is 6.96. The molecule has 0 radical (unpaired) electrons. The van der Waals surface area contributed by atoms with Crippen LogP contribution in [0.5, 0.6) is 0 Å². The summed E-state index contributed by atoms with van der Waals surface area (Å²) in [5.74, 6) is -0.0436. The number of hydrogen-bond acceptors (Lipinski definition) is 4. The molecule has 1 amide bonds. The summed E-state index contributed by atoms with van der Waals surface area (Å²) in [6.45, 7) is 3.64. The first-order valence-electron chi connectivity index (χ1n) is 6.08. The van der Waals surface area contributed by atoms with Gasteiger partial charge in [-0.25, -0.2) is 4.79 Å². The number of esters is 1. The van der Waals surface area contributed by atoms with Crippen LogP contribution in [0.1, 0.15) is 35.0 Å². The van der Waals surface area contributed by atoms with Gasteiger partial charge in [-0.15, -0.1) is 11.3 Å². The van der Waals surface area contributed by atoms with Gasteiger partial charge >= 0.3 is 5.97 Å². The molecule has 0 aliphatic heterocycles. The maximum absolute atomic E-state index is 11.7. The number of carbonyl (C=O) groups is 2. The van der Waals surface area contributed by atoms with E-state index >= 15 is 0 Å². The largest absolute Gasteiger partial charge is 0.451 e. The van der Waals surface area contributed by atoms with Crippen molar-refractivity contribution in [3.05, 3.63) is 21.9 Å². The van der Waals surface area contributed by atoms with Crippen LogP contribution in [-0.4, -0.2) is 24.5 Å². The summed E-state index contributed by atoms with van der Waals surface area (Å²) < 4.78 is 4.99. The molecule has 1 aromatic heterocycles. The molecule has 1 heterocycles. The Bertz CT molecular complexity index is 451. The Labute approximate surface area is 110 Å². The summed E-state index contributed by atoms with van der Waals surface area (Å²) in [5.41, 5.74) is 0.886. The molecule has 4 nitrogen and oxygen atoms in total. The van der Waals surface area contributed by atoms with Crippen molar-refractivity contribution in [3.63, 3.8) is 0 Å². The second-order valence-corrected chi connectivity index (χ2v) is 5.62. The van der Waals surface area contributed by atoms with E-state index in [0.29, 0.717) is 10.8 Å². The van der Waals surface area contributed by atoms with E-state index in [-0.39, 0.29) is 18.6 Å². The Morgan fingerprint density at radius 2 is 2.28 bits per heavy atom. The third kappa shape index (κ3) is 3.32. The highest BCUT2D eigenvalue weighted by atomic mass is 32.1. The smallest absolute Gasteiger partial charge is 0.349 e. The van der Waals surface area contributed by atoms with Gasteiger partial charge in [-0.1, -0.05) is 0 Å². The van der Waals surface area contributed by atoms with E-state index in [1.165, 1.54) is 24.2 Å². The van der Waals surface area contributed by atoms with Gasteiger partial charge in [0.2, 0.25) is 0 Å². The van der Waals surface area contributed by atoms with Gasteiger partial charge in [0, 0.05) is 6.04 Å². The number of ether oxygens (including phenoxy) is 1. The van der Waals surface area contributed by atoms with Gasteiger partial charge in [0.05, 0.1) is 0 Å². The number of rotatable bonds is 5. The lowest BCUT2D eigenvalue weighted by molar-refractivity contribution is -0.124. The monoisotopic (exact) mass is 267 g/mol. The fourth-order valence-corrected chi connectivity index (χ4v) is 2.61. The number of nitrogens with one attached hydrogen (secondary N) is 1. The minimum Gasteiger partial charge on any atom is -0.451 e. The van der Waals surface area contributed by atoms with E-state index in [2.05, 4.69) is 5.32 Å². The van der Waals surface area contributed by atoms with E-state index in [1.54, 1.807) is 0 Å². The Morgan fingerprint density at radius 3 is 2.83 bits per heavy atom. The number of hydrogen-bond donors (Lipinski definition) is 1. The molecule has 2 rings (SSSR count). The first-order chi connectivity index (χ1) is 8.58. The standard InChI is InChI=1S/C13H17NO3S/c1-8-5-6-18-12(8)13(16)17-7-11(15)14-9(2)10-3-4-10/h5-6,9-10H,3-4,7H2,1-2H3,(H,14,15)/t9-/m0/s1. The van der Waals surface area contributed by atoms with E-state index in [0.717, 1.165) is 5.56 Å². The molecule has 98 valence electrons. The summed E-state index contributed by atoms with van der Waals surface area (Å²) in [6.07, 6.45) is 2.35. The van der Waals surface area contributed by atoms with Crippen LogP contribution in [0.4, 0.5) is 0 Å². The second-order valence-electron chi connectivity index (χ2n) is 4.70. The maximum atomic E-state index is 11.7. The molecule has 1 N–H and O–H groups in total. The zero-order chi connectivity index (χ0) is 13.1. The SMILES string of the molecule is Cc1ccsc1C(=O)OCC(=O)N[C@@H](C)C1CC1. The van der Waals surface area contributed by atoms with Crippen molar-refractivity contribution in [1.82, 2.24) is 5.32 Å². The molecule has 1 aliphatic carbocycles. The fourth-order valence-electron chi connectivity index (χ4n) is 1.79. The van der Waals surface area contributed by atoms with E-state index in [9.17, 15) is 9.59 Å². The summed E-state index contributed by atoms with van der Waals surface area (Å²) in [6, 6.07) is 2.04. The van der Waals surface area contributed by atoms with Crippen LogP contribution in [-0.2, 0) is 9.53 Å². The third-order valence-electron chi connectivity index (χ3n) is 3.10. The molecular formula is C13H17NO3S. The Kier molecular flexibility index (Phi) is 4.01. The van der Waals surface area contributed by atoms with E-state index in [1.807, 2.05) is 25.3 Å². The minimum atomic E-state index is -0.420. The molecule has 1 saturated carbocycles. The number of amides is 1. The molecule has 0 aromatic carbocycles. The molecular weight excluding hydrogens is 250 g/mol. The van der Waals surface area contributed by atoms with Gasteiger partial charge in [-0.2, -0.15) is 0 Å². The van der Waals surface area contributed by atoms with Gasteiger partial charge < -0.3 is 10.1 Å². The quantitative estimate of drug-likeness (QED) is 0.831. The molecule has 1 aromatic rings. The predicted molar refractivity (Wildman–Crippen MR) is 69.7 cm³/mol. The number of thiophene rings is 1. The normalized spacial score (nSPS) is 16.1. The summed E-state index contributed by atoms with van der Waals surface area (Å²) in [4.78, 5) is 23.8. The van der Waals surface area contributed by atoms with Gasteiger partial charge in [0.15, 0.2) is 6.61 Å². The predicted octanol–water partition coefficient (Wildman–Crippen LogP) is 2.13. The average Bonchev–Trinajstić information content (AvgIpc) is 3.09. The Hall–Kier alpha value is -1.36. The van der Waals surface area contributed by atoms with Gasteiger partial charge in [-0.3, -0.25) is 4.79 Å². The highest BCUT2D eigenvalue weighted by Crippen LogP contribution is 2.32. The molecule has 1 fully saturated rings. The van der Waals surface area contributed by atoms with Crippen molar-refractivity contribution >= 4 is 23.2 Å². The van der Waals surface area contributed by atoms with Gasteiger partial charge in [0.1, 0.15) is 4.88 Å². The molecule has 0 spiro atoms. The minimum absolute atomic E-state index is 0.180. The van der Waals surface area contributed by atoms with Crippen molar-refractivity contribution in [2.75, 3.05) is 6.61 Å². The van der Waals surface area contributed by atoms with Gasteiger partial charge in [-0.05, 0) is 49.6 Å². The average molecular weight is 267 g/mol. The molecule has 0 unspecified atom stereocenters. The van der Waals surface area contributed by atoms with Crippen LogP contribution in [0.2, 0.25) is 0 Å². The maximum Gasteiger partial charge on any atom is 0.349 e. The van der Waals surface area contributed by atoms with Crippen molar-refractivity contribution in [1.29, 1.82) is 0 Å². The Morgan fingerprint density at radius 1 is 1.56 bits per heavy atom. The molecule has 0 saturated heterocycles. The van der Waals surface area contributed by atoms with Crippen LogP contribution < -0.4 is 5.32 Å². The lowest BCUT2D eigenvalue weighted by Crippen LogP contribution is -2.37. The third-order valence-corrected chi connectivity index (χ3v) is 4.10. The van der Waals surface area contributed by atoms with Crippen LogP contribution in [0, 0.1) is 12.8 Å². The number of carbonyl (C=O) groups excluding carboxylic acids is 2. The van der Waals surface area contributed by atoms with Crippen LogP contribution in [0.3, 0.4) is 0 Å². The van der Waals surface area contributed by atoms with E-state index in [4.69, 9.17) is 4.74 Å². The zero-order valence-electron chi connectivity index (χ0n) is 10.6. The summed E-state index contributed by atoms with van der Waals surface area (Å²) >= 11 is 1.33. The van der Waals surface area contributed by atoms with Crippen LogP contribution >= 0.6 is 11.3 Å². The van der Waals surface area contributed by atoms with Crippen LogP contribution in [0.25, 0.3) is 0 Å². The molecule has 18 heavy (non-hydrogen) atoms. The topological polar surface area (TPSA) is 55.4 Å². The summed E-state index contributed by atoms with van der Waals surface area (Å²) in [5, 5.41) is 4.68. The lowest BCUT2D eigenvalue weighted by atomic mass is 10.2. The fraction of sp³-hybridized carbons (Fsp3) is 0.538. The molecule has 1 atom stereocenters. The summed E-state index contributed by atoms with van der Waals surface area (Å²) in [7, 11) is 0. The lowest BCUT2D eigenvalue weighted by Gasteiger charge is -2.12. The van der Waals surface area contributed by atoms with Crippen LogP contribution in [0.15, 0.2) is 11.4 Å². The highest BCUT2D eigenvalue weighted by molar-refractivity contribution is 7.12. The van der Waals surface area contributed by atoms with E-state index < -0.39 is 5.97 Å².